The molecule has 0 heterocycles. The maximum absolute atomic E-state index is 4.56. The van der Waals surface area contributed by atoms with Crippen LogP contribution in [0.3, 0.4) is 0 Å². The molecule has 39 heavy (non-hydrogen) atoms. The van der Waals surface area contributed by atoms with Crippen LogP contribution in [0.25, 0.3) is 0 Å². The van der Waals surface area contributed by atoms with Crippen molar-refractivity contribution in [3.05, 3.63) is 91.0 Å². The van der Waals surface area contributed by atoms with Crippen LogP contribution >= 0.6 is 36.7 Å². The van der Waals surface area contributed by atoms with Gasteiger partial charge in [0.15, 0.2) is 0 Å². The van der Waals surface area contributed by atoms with E-state index in [0.29, 0.717) is 16.7 Å². The summed E-state index contributed by atoms with van der Waals surface area (Å²) >= 11 is 8.01. The standard InChI is InChI=1S/C27H34BrP.C9H19Br/c1-23(22-27(2,3)4)20-21-29(28,24-14-8-5-9-15-24,25-16-10-6-11-17-25)26-18-12-7-13-19-26;1-8(5-6-10)7-9(2,3)4/h5-19,23H,20-22H2,1-4H3;8H,5-7H2,1-4H3. The summed E-state index contributed by atoms with van der Waals surface area (Å²) in [5.74, 6) is 1.53. The number of benzene rings is 3. The van der Waals surface area contributed by atoms with Crippen LogP contribution in [-0.4, -0.2) is 11.5 Å². The van der Waals surface area contributed by atoms with E-state index in [1.54, 1.807) is 0 Å². The second kappa shape index (κ2) is 14.8. The van der Waals surface area contributed by atoms with Crippen molar-refractivity contribution in [1.82, 2.24) is 0 Å². The molecule has 0 radical (unpaired) electrons. The van der Waals surface area contributed by atoms with E-state index < -0.39 is 5.31 Å². The molecule has 2 atom stereocenters. The molecule has 2 unspecified atom stereocenters. The van der Waals surface area contributed by atoms with Crippen molar-refractivity contribution in [2.45, 2.75) is 81.1 Å². The fourth-order valence-electron chi connectivity index (χ4n) is 5.99. The molecule has 216 valence electrons. The molecule has 0 bridgehead atoms. The third kappa shape index (κ3) is 10.1. The van der Waals surface area contributed by atoms with Crippen molar-refractivity contribution in [3.8, 4) is 0 Å². The molecular formula is C36H53Br2P. The monoisotopic (exact) mass is 674 g/mol. The minimum absolute atomic E-state index is 0.356. The Hall–Kier alpha value is -0.950. The molecule has 0 aliphatic heterocycles. The average molecular weight is 677 g/mol. The van der Waals surface area contributed by atoms with E-state index in [2.05, 4.69) is 178 Å². The molecule has 0 nitrogen and oxygen atoms in total. The first-order chi connectivity index (χ1) is 18.2. The van der Waals surface area contributed by atoms with E-state index in [-0.39, 0.29) is 0 Å². The Bertz CT molecular complexity index is 982. The molecule has 0 spiro atoms. The van der Waals surface area contributed by atoms with Gasteiger partial charge in [0, 0.05) is 5.33 Å². The van der Waals surface area contributed by atoms with Gasteiger partial charge in [-0.05, 0) is 24.2 Å². The van der Waals surface area contributed by atoms with E-state index in [1.807, 2.05) is 0 Å². The summed E-state index contributed by atoms with van der Waals surface area (Å²) in [6.45, 7) is 18.7. The van der Waals surface area contributed by atoms with Crippen LogP contribution in [-0.2, 0) is 0 Å². The number of rotatable bonds is 10. The molecule has 0 saturated carbocycles. The first kappa shape index (κ1) is 34.3. The summed E-state index contributed by atoms with van der Waals surface area (Å²) in [7, 11) is 0. The van der Waals surface area contributed by atoms with Crippen molar-refractivity contribution in [3.63, 3.8) is 0 Å². The summed E-state index contributed by atoms with van der Waals surface area (Å²) in [6.07, 6.45) is 6.20. The Morgan fingerprint density at radius 2 is 0.872 bits per heavy atom. The Morgan fingerprint density at radius 1 is 0.564 bits per heavy atom. The zero-order chi connectivity index (χ0) is 29.2. The van der Waals surface area contributed by atoms with Gasteiger partial charge in [-0.15, -0.1) is 0 Å². The van der Waals surface area contributed by atoms with Crippen LogP contribution in [0.2, 0.25) is 0 Å². The van der Waals surface area contributed by atoms with Crippen LogP contribution in [0.1, 0.15) is 81.1 Å². The van der Waals surface area contributed by atoms with E-state index >= 15 is 0 Å². The second-order valence-corrected chi connectivity index (χ2v) is 23.8. The van der Waals surface area contributed by atoms with Crippen molar-refractivity contribution < 1.29 is 0 Å². The Kier molecular flexibility index (Phi) is 13.0. The Balaban J connectivity index is 0.000000455. The molecule has 3 rings (SSSR count). The summed E-state index contributed by atoms with van der Waals surface area (Å²) in [5, 5.41) is 2.63. The second-order valence-electron chi connectivity index (χ2n) is 13.9. The fraction of sp³-hybridized carbons (Fsp3) is 0.500. The molecule has 0 aromatic heterocycles. The zero-order valence-corrected chi connectivity index (χ0v) is 29.8. The van der Waals surface area contributed by atoms with Crippen LogP contribution in [0.5, 0.6) is 0 Å². The molecular weight excluding hydrogens is 623 g/mol. The van der Waals surface area contributed by atoms with Crippen LogP contribution in [0, 0.1) is 22.7 Å². The molecule has 0 N–H and O–H groups in total. The molecule has 0 saturated heterocycles. The summed E-state index contributed by atoms with van der Waals surface area (Å²) in [6, 6.07) is 33.4. The molecule has 0 aliphatic rings. The number of hydrogen-bond acceptors (Lipinski definition) is 0. The van der Waals surface area contributed by atoms with Gasteiger partial charge in [-0.1, -0.05) is 43.6 Å². The average Bonchev–Trinajstić information content (AvgIpc) is 2.87. The first-order valence-corrected chi connectivity index (χ1v) is 20.2. The summed E-state index contributed by atoms with van der Waals surface area (Å²) < 4.78 is 0. The third-order valence-corrected chi connectivity index (χ3v) is 17.9. The van der Waals surface area contributed by atoms with Gasteiger partial charge in [0.1, 0.15) is 0 Å². The number of hydrogen-bond donors (Lipinski definition) is 0. The fourth-order valence-corrected chi connectivity index (χ4v) is 14.5. The first-order valence-electron chi connectivity index (χ1n) is 14.7. The summed E-state index contributed by atoms with van der Waals surface area (Å²) in [4.78, 5) is 0. The molecule has 3 aromatic carbocycles. The topological polar surface area (TPSA) is 0 Å². The predicted molar refractivity (Wildman–Crippen MR) is 188 cm³/mol. The van der Waals surface area contributed by atoms with Gasteiger partial charge in [0.2, 0.25) is 0 Å². The van der Waals surface area contributed by atoms with Crippen LogP contribution in [0.4, 0.5) is 0 Å². The molecule has 3 heteroatoms. The summed E-state index contributed by atoms with van der Waals surface area (Å²) in [5.41, 5.74) is 0.857. The number of alkyl halides is 1. The molecule has 0 aliphatic carbocycles. The third-order valence-electron chi connectivity index (χ3n) is 7.45. The van der Waals surface area contributed by atoms with Crippen LogP contribution in [0.15, 0.2) is 91.0 Å². The van der Waals surface area contributed by atoms with Gasteiger partial charge in [0.05, 0.1) is 0 Å². The minimum atomic E-state index is -2.76. The van der Waals surface area contributed by atoms with Gasteiger partial charge in [-0.25, -0.2) is 0 Å². The van der Waals surface area contributed by atoms with E-state index in [9.17, 15) is 0 Å². The van der Waals surface area contributed by atoms with E-state index in [1.165, 1.54) is 41.6 Å². The molecule has 0 fully saturated rings. The number of halogens is 2. The maximum atomic E-state index is 4.56. The van der Waals surface area contributed by atoms with Crippen molar-refractivity contribution >= 4 is 52.6 Å². The van der Waals surface area contributed by atoms with Gasteiger partial charge in [-0.2, -0.15) is 0 Å². The Labute approximate surface area is 257 Å². The van der Waals surface area contributed by atoms with E-state index in [4.69, 9.17) is 0 Å². The van der Waals surface area contributed by atoms with Crippen LogP contribution < -0.4 is 15.9 Å². The zero-order valence-electron chi connectivity index (χ0n) is 25.8. The SMILES string of the molecule is CC(CCBr)CC(C)(C)C.CC(CCP(Br)(c1ccccc1)(c1ccccc1)c1ccccc1)CC(C)(C)C. The normalized spacial score (nSPS) is 14.9. The van der Waals surface area contributed by atoms with Gasteiger partial charge in [-0.3, -0.25) is 0 Å². The van der Waals surface area contributed by atoms with Crippen molar-refractivity contribution in [2.24, 2.45) is 22.7 Å². The Morgan fingerprint density at radius 3 is 1.15 bits per heavy atom. The van der Waals surface area contributed by atoms with Crippen molar-refractivity contribution in [1.29, 1.82) is 0 Å². The van der Waals surface area contributed by atoms with Gasteiger partial charge < -0.3 is 0 Å². The molecule has 0 amide bonds. The van der Waals surface area contributed by atoms with E-state index in [0.717, 1.165) is 17.4 Å². The van der Waals surface area contributed by atoms with Gasteiger partial charge in [0.25, 0.3) is 0 Å². The van der Waals surface area contributed by atoms with Crippen molar-refractivity contribution in [2.75, 3.05) is 11.5 Å². The molecule has 3 aromatic rings. The van der Waals surface area contributed by atoms with Gasteiger partial charge >= 0.3 is 186 Å². The predicted octanol–water partition coefficient (Wildman–Crippen LogP) is 11.1. The quantitative estimate of drug-likeness (QED) is 0.148.